The predicted molar refractivity (Wildman–Crippen MR) is 65.3 cm³/mol. The summed E-state index contributed by atoms with van der Waals surface area (Å²) >= 11 is 0. The zero-order valence-electron chi connectivity index (χ0n) is 9.83. The van der Waals surface area contributed by atoms with Crippen molar-refractivity contribution in [3.63, 3.8) is 0 Å². The highest BCUT2D eigenvalue weighted by Crippen LogP contribution is 2.29. The molecular formula is C11H17N3O2S. The zero-order valence-corrected chi connectivity index (χ0v) is 10.7. The molecule has 0 aliphatic carbocycles. The number of nitrogens with zero attached hydrogens (tertiary/aromatic N) is 2. The van der Waals surface area contributed by atoms with Gasteiger partial charge in [0.25, 0.3) is 0 Å². The molecule has 0 saturated carbocycles. The van der Waals surface area contributed by atoms with Crippen molar-refractivity contribution < 1.29 is 8.42 Å². The van der Waals surface area contributed by atoms with Crippen molar-refractivity contribution in [3.8, 4) is 0 Å². The second-order valence-corrected chi connectivity index (χ2v) is 6.68. The molecular weight excluding hydrogens is 238 g/mol. The van der Waals surface area contributed by atoms with Crippen LogP contribution in [-0.2, 0) is 9.84 Å². The van der Waals surface area contributed by atoms with Crippen LogP contribution in [0.25, 0.3) is 0 Å². The molecule has 1 aliphatic heterocycles. The molecule has 2 atom stereocenters. The zero-order chi connectivity index (χ0) is 12.3. The monoisotopic (exact) mass is 255 g/mol. The van der Waals surface area contributed by atoms with E-state index in [4.69, 9.17) is 0 Å². The van der Waals surface area contributed by atoms with Crippen LogP contribution in [0, 0.1) is 0 Å². The lowest BCUT2D eigenvalue weighted by molar-refractivity contribution is 0.467. The Hall–Kier alpha value is -1.01. The van der Waals surface area contributed by atoms with Crippen LogP contribution >= 0.6 is 0 Å². The summed E-state index contributed by atoms with van der Waals surface area (Å²) in [5, 5.41) is 2.73. The smallest absolute Gasteiger partial charge is 0.155 e. The van der Waals surface area contributed by atoms with Crippen molar-refractivity contribution in [3.05, 3.63) is 24.3 Å². The van der Waals surface area contributed by atoms with E-state index < -0.39 is 9.84 Å². The highest BCUT2D eigenvalue weighted by molar-refractivity contribution is 7.92. The fraction of sp³-hybridized carbons (Fsp3) is 0.636. The topological polar surface area (TPSA) is 72.0 Å². The summed E-state index contributed by atoms with van der Waals surface area (Å²) in [5.74, 6) is 0.295. The van der Waals surface area contributed by atoms with Crippen LogP contribution < -0.4 is 5.32 Å². The first-order valence-corrected chi connectivity index (χ1v) is 7.50. The van der Waals surface area contributed by atoms with Crippen molar-refractivity contribution in [2.75, 3.05) is 12.8 Å². The van der Waals surface area contributed by atoms with Crippen molar-refractivity contribution in [1.29, 1.82) is 0 Å². The fourth-order valence-electron chi connectivity index (χ4n) is 2.39. The van der Waals surface area contributed by atoms with E-state index in [2.05, 4.69) is 15.3 Å². The van der Waals surface area contributed by atoms with Crippen LogP contribution in [0.1, 0.15) is 30.9 Å². The van der Waals surface area contributed by atoms with E-state index in [0.717, 1.165) is 18.4 Å². The van der Waals surface area contributed by atoms with E-state index in [9.17, 15) is 8.42 Å². The minimum absolute atomic E-state index is 0.207. The highest BCUT2D eigenvalue weighted by Gasteiger charge is 2.35. The Bertz CT molecular complexity index is 461. The van der Waals surface area contributed by atoms with Gasteiger partial charge in [0.2, 0.25) is 0 Å². The van der Waals surface area contributed by atoms with Gasteiger partial charge in [0.1, 0.15) is 6.33 Å². The maximum atomic E-state index is 12.1. The number of nitrogens with one attached hydrogen (secondary N) is 1. The molecule has 1 saturated heterocycles. The molecule has 1 fully saturated rings. The minimum Gasteiger partial charge on any atom is -0.312 e. The van der Waals surface area contributed by atoms with Crippen LogP contribution in [0.4, 0.5) is 0 Å². The van der Waals surface area contributed by atoms with E-state index in [1.807, 2.05) is 0 Å². The van der Waals surface area contributed by atoms with Gasteiger partial charge in [0, 0.05) is 18.0 Å². The predicted octanol–water partition coefficient (Wildman–Crippen LogP) is 0.704. The summed E-state index contributed by atoms with van der Waals surface area (Å²) in [4.78, 5) is 7.90. The number of hydrogen-bond donors (Lipinski definition) is 1. The van der Waals surface area contributed by atoms with Gasteiger partial charge in [-0.2, -0.15) is 0 Å². The molecule has 0 radical (unpaired) electrons. The summed E-state index contributed by atoms with van der Waals surface area (Å²) in [6.45, 7) is 0. The first-order chi connectivity index (χ1) is 8.15. The van der Waals surface area contributed by atoms with Gasteiger partial charge in [0.15, 0.2) is 9.84 Å². The van der Waals surface area contributed by atoms with Gasteiger partial charge >= 0.3 is 0 Å². The van der Waals surface area contributed by atoms with E-state index in [1.165, 1.54) is 6.33 Å². The number of aromatic nitrogens is 2. The molecule has 0 bridgehead atoms. The van der Waals surface area contributed by atoms with Gasteiger partial charge in [-0.3, -0.25) is 0 Å². The maximum Gasteiger partial charge on any atom is 0.155 e. The molecule has 6 heteroatoms. The van der Waals surface area contributed by atoms with Crippen molar-refractivity contribution in [2.45, 2.75) is 30.6 Å². The van der Waals surface area contributed by atoms with Gasteiger partial charge in [-0.15, -0.1) is 0 Å². The van der Waals surface area contributed by atoms with Crippen LogP contribution in [-0.4, -0.2) is 36.4 Å². The lowest BCUT2D eigenvalue weighted by Crippen LogP contribution is -2.39. The lowest BCUT2D eigenvalue weighted by Gasteiger charge is -2.29. The molecule has 0 aromatic carbocycles. The second-order valence-electron chi connectivity index (χ2n) is 4.34. The standard InChI is InChI=1S/C11H17N3O2S/c1-12-11(9-6-13-8-14-7-9)10-4-2-3-5-17(10,15)16/h6-8,10-12H,2-5H2,1H3. The maximum absolute atomic E-state index is 12.1. The van der Waals surface area contributed by atoms with Gasteiger partial charge in [-0.25, -0.2) is 18.4 Å². The van der Waals surface area contributed by atoms with E-state index in [-0.39, 0.29) is 11.3 Å². The summed E-state index contributed by atoms with van der Waals surface area (Å²) in [7, 11) is -1.22. The summed E-state index contributed by atoms with van der Waals surface area (Å²) < 4.78 is 24.1. The fourth-order valence-corrected chi connectivity index (χ4v) is 4.54. The average molecular weight is 255 g/mol. The first kappa shape index (κ1) is 12.4. The largest absolute Gasteiger partial charge is 0.312 e. The first-order valence-electron chi connectivity index (χ1n) is 5.79. The summed E-state index contributed by atoms with van der Waals surface area (Å²) in [6.07, 6.45) is 7.27. The molecule has 5 nitrogen and oxygen atoms in total. The van der Waals surface area contributed by atoms with Gasteiger partial charge < -0.3 is 5.32 Å². The molecule has 94 valence electrons. The van der Waals surface area contributed by atoms with Crippen molar-refractivity contribution in [2.24, 2.45) is 0 Å². The number of sulfone groups is 1. The Kier molecular flexibility index (Phi) is 3.73. The summed E-state index contributed by atoms with van der Waals surface area (Å²) in [6, 6.07) is -0.207. The Labute approximate surface area is 102 Å². The molecule has 17 heavy (non-hydrogen) atoms. The number of rotatable bonds is 3. The average Bonchev–Trinajstić information content (AvgIpc) is 2.33. The van der Waals surface area contributed by atoms with E-state index in [1.54, 1.807) is 19.4 Å². The molecule has 1 aliphatic rings. The minimum atomic E-state index is -3.00. The molecule has 0 amide bonds. The molecule has 0 spiro atoms. The molecule has 1 aromatic rings. The van der Waals surface area contributed by atoms with E-state index >= 15 is 0 Å². The number of hydrogen-bond acceptors (Lipinski definition) is 5. The van der Waals surface area contributed by atoms with Crippen LogP contribution in [0.2, 0.25) is 0 Å². The Morgan fingerprint density at radius 3 is 2.65 bits per heavy atom. The van der Waals surface area contributed by atoms with Gasteiger partial charge in [-0.05, 0) is 19.9 Å². The SMILES string of the molecule is CNC(c1cncnc1)C1CCCCS1(=O)=O. The third kappa shape index (κ3) is 2.63. The lowest BCUT2D eigenvalue weighted by atomic mass is 10.0. The van der Waals surface area contributed by atoms with Gasteiger partial charge in [-0.1, -0.05) is 6.42 Å². The van der Waals surface area contributed by atoms with Crippen molar-refractivity contribution in [1.82, 2.24) is 15.3 Å². The van der Waals surface area contributed by atoms with Crippen LogP contribution in [0.15, 0.2) is 18.7 Å². The van der Waals surface area contributed by atoms with Gasteiger partial charge in [0.05, 0.1) is 17.0 Å². The van der Waals surface area contributed by atoms with E-state index in [0.29, 0.717) is 12.2 Å². The third-order valence-corrected chi connectivity index (χ3v) is 5.54. The molecule has 2 unspecified atom stereocenters. The second kappa shape index (κ2) is 5.10. The molecule has 1 aromatic heterocycles. The normalized spacial score (nSPS) is 25.4. The van der Waals surface area contributed by atoms with Crippen LogP contribution in [0.5, 0.6) is 0 Å². The van der Waals surface area contributed by atoms with Crippen LogP contribution in [0.3, 0.4) is 0 Å². The summed E-state index contributed by atoms with van der Waals surface area (Å²) in [5.41, 5.74) is 0.838. The highest BCUT2D eigenvalue weighted by atomic mass is 32.2. The molecule has 2 heterocycles. The Morgan fingerprint density at radius 1 is 1.35 bits per heavy atom. The quantitative estimate of drug-likeness (QED) is 0.861. The van der Waals surface area contributed by atoms with Crippen molar-refractivity contribution >= 4 is 9.84 Å². The Morgan fingerprint density at radius 2 is 2.06 bits per heavy atom. The molecule has 2 rings (SSSR count). The Balaban J connectivity index is 2.30. The third-order valence-electron chi connectivity index (χ3n) is 3.25. The molecule has 1 N–H and O–H groups in total.